The SMILES string of the molecule is c1cc(-c2ccc3ccccc3c2)cc(-c2nc(-c3cccc(-n4c5ccc6ccccc6c5c5c6ccccc6ccc54)c3)nc(-c3ccc4ccccc4c3)n2)c1. The van der Waals surface area contributed by atoms with Gasteiger partial charge in [0.15, 0.2) is 17.5 Å². The summed E-state index contributed by atoms with van der Waals surface area (Å²) < 4.78 is 2.40. The summed E-state index contributed by atoms with van der Waals surface area (Å²) in [5.74, 6) is 1.88. The van der Waals surface area contributed by atoms with Gasteiger partial charge in [0.25, 0.3) is 0 Å². The van der Waals surface area contributed by atoms with Crippen molar-refractivity contribution in [3.8, 4) is 51.0 Å². The number of hydrogen-bond acceptors (Lipinski definition) is 3. The number of hydrogen-bond donors (Lipinski definition) is 0. The molecule has 0 aliphatic heterocycles. The van der Waals surface area contributed by atoms with Gasteiger partial charge in [0.05, 0.1) is 11.0 Å². The number of rotatable bonds is 5. The summed E-state index contributed by atoms with van der Waals surface area (Å²) in [5, 5.41) is 12.2. The molecule has 0 aliphatic carbocycles. The highest BCUT2D eigenvalue weighted by molar-refractivity contribution is 6.28. The highest BCUT2D eigenvalue weighted by atomic mass is 15.0. The molecular formula is C55H34N4. The van der Waals surface area contributed by atoms with Crippen LogP contribution in [0, 0.1) is 0 Å². The van der Waals surface area contributed by atoms with Gasteiger partial charge in [-0.1, -0.05) is 164 Å². The van der Waals surface area contributed by atoms with Crippen LogP contribution in [0.25, 0.3) is 116 Å². The normalized spacial score (nSPS) is 11.7. The Bertz CT molecular complexity index is 3540. The van der Waals surface area contributed by atoms with Crippen LogP contribution in [0.15, 0.2) is 206 Å². The average Bonchev–Trinajstić information content (AvgIpc) is 3.67. The van der Waals surface area contributed by atoms with Crippen LogP contribution >= 0.6 is 0 Å². The van der Waals surface area contributed by atoms with Crippen molar-refractivity contribution in [3.05, 3.63) is 206 Å². The maximum absolute atomic E-state index is 5.24. The van der Waals surface area contributed by atoms with Crippen LogP contribution in [0.3, 0.4) is 0 Å². The smallest absolute Gasteiger partial charge is 0.164 e. The van der Waals surface area contributed by atoms with Crippen LogP contribution in [0.1, 0.15) is 0 Å². The number of benzene rings is 10. The molecule has 12 aromatic rings. The molecule has 0 amide bonds. The topological polar surface area (TPSA) is 43.6 Å². The fourth-order valence-electron chi connectivity index (χ4n) is 8.91. The van der Waals surface area contributed by atoms with Crippen LogP contribution in [-0.4, -0.2) is 19.5 Å². The number of fused-ring (bicyclic) bond motifs is 9. The molecule has 0 radical (unpaired) electrons. The standard InChI is InChI=1S/C55H34N4/c1-3-15-39-31-42(25-23-35(39)11-1)41-17-9-18-43(33-41)53-56-54(58-55(57-53)45-26-24-36-12-2-4-16-40(36)32-45)44-19-10-20-46(34-44)59-49-29-27-37-13-5-7-21-47(37)51(49)52-48-22-8-6-14-38(48)28-30-50(52)59/h1-34H. The first kappa shape index (κ1) is 33.2. The van der Waals surface area contributed by atoms with Gasteiger partial charge in [0.1, 0.15) is 0 Å². The van der Waals surface area contributed by atoms with E-state index in [1.165, 1.54) is 48.5 Å². The zero-order valence-electron chi connectivity index (χ0n) is 31.9. The van der Waals surface area contributed by atoms with Gasteiger partial charge in [-0.05, 0) is 96.7 Å². The van der Waals surface area contributed by atoms with Gasteiger partial charge < -0.3 is 4.57 Å². The molecule has 4 nitrogen and oxygen atoms in total. The Morgan fingerprint density at radius 3 is 1.27 bits per heavy atom. The van der Waals surface area contributed by atoms with Gasteiger partial charge in [0, 0.05) is 33.2 Å². The van der Waals surface area contributed by atoms with E-state index in [4.69, 9.17) is 15.0 Å². The van der Waals surface area contributed by atoms with E-state index in [1.807, 2.05) is 0 Å². The molecule has 59 heavy (non-hydrogen) atoms. The summed E-state index contributed by atoms with van der Waals surface area (Å²) in [6.45, 7) is 0. The Morgan fingerprint density at radius 2 is 0.678 bits per heavy atom. The summed E-state index contributed by atoms with van der Waals surface area (Å²) >= 11 is 0. The molecule has 0 spiro atoms. The van der Waals surface area contributed by atoms with Crippen LogP contribution in [0.2, 0.25) is 0 Å². The molecule has 0 N–H and O–H groups in total. The van der Waals surface area contributed by atoms with Crippen molar-refractivity contribution in [3.63, 3.8) is 0 Å². The third-order valence-electron chi connectivity index (χ3n) is 11.8. The Labute approximate surface area is 340 Å². The summed E-state index contributed by atoms with van der Waals surface area (Å²) in [5.41, 5.74) is 8.40. The fraction of sp³-hybridized carbons (Fsp3) is 0. The van der Waals surface area contributed by atoms with Crippen molar-refractivity contribution in [2.24, 2.45) is 0 Å². The van der Waals surface area contributed by atoms with E-state index in [2.05, 4.69) is 211 Å². The van der Waals surface area contributed by atoms with Crippen molar-refractivity contribution in [2.45, 2.75) is 0 Å². The molecule has 10 aromatic carbocycles. The molecule has 0 bridgehead atoms. The second-order valence-electron chi connectivity index (χ2n) is 15.3. The minimum absolute atomic E-state index is 0.618. The van der Waals surface area contributed by atoms with Gasteiger partial charge in [0.2, 0.25) is 0 Å². The van der Waals surface area contributed by atoms with Crippen LogP contribution in [0.5, 0.6) is 0 Å². The van der Waals surface area contributed by atoms with Crippen LogP contribution in [0.4, 0.5) is 0 Å². The summed E-state index contributed by atoms with van der Waals surface area (Å²) in [7, 11) is 0. The van der Waals surface area contributed by atoms with Crippen LogP contribution in [-0.2, 0) is 0 Å². The van der Waals surface area contributed by atoms with E-state index in [-0.39, 0.29) is 0 Å². The van der Waals surface area contributed by atoms with Gasteiger partial charge in [-0.15, -0.1) is 0 Å². The Morgan fingerprint density at radius 1 is 0.271 bits per heavy atom. The third kappa shape index (κ3) is 5.57. The Hall–Kier alpha value is -7.95. The lowest BCUT2D eigenvalue weighted by atomic mass is 9.99. The third-order valence-corrected chi connectivity index (χ3v) is 11.8. The lowest BCUT2D eigenvalue weighted by molar-refractivity contribution is 1.07. The number of nitrogens with zero attached hydrogens (tertiary/aromatic N) is 4. The second kappa shape index (κ2) is 13.3. The maximum Gasteiger partial charge on any atom is 0.164 e. The van der Waals surface area contributed by atoms with Gasteiger partial charge in [-0.2, -0.15) is 0 Å². The lowest BCUT2D eigenvalue weighted by Crippen LogP contribution is -2.01. The van der Waals surface area contributed by atoms with Crippen molar-refractivity contribution >= 4 is 64.9 Å². The molecule has 2 heterocycles. The highest BCUT2D eigenvalue weighted by Crippen LogP contribution is 2.41. The maximum atomic E-state index is 5.24. The minimum atomic E-state index is 0.618. The molecule has 0 saturated carbocycles. The molecule has 2 aromatic heterocycles. The fourth-order valence-corrected chi connectivity index (χ4v) is 8.91. The van der Waals surface area contributed by atoms with E-state index in [9.17, 15) is 0 Å². The van der Waals surface area contributed by atoms with Crippen LogP contribution < -0.4 is 0 Å². The monoisotopic (exact) mass is 750 g/mol. The largest absolute Gasteiger partial charge is 0.309 e. The first-order valence-corrected chi connectivity index (χ1v) is 20.0. The summed E-state index contributed by atoms with van der Waals surface area (Å²) in [4.78, 5) is 15.6. The van der Waals surface area contributed by atoms with E-state index in [1.54, 1.807) is 0 Å². The number of aromatic nitrogens is 4. The first-order chi connectivity index (χ1) is 29.2. The summed E-state index contributed by atoms with van der Waals surface area (Å²) in [6.07, 6.45) is 0. The van der Waals surface area contributed by atoms with E-state index >= 15 is 0 Å². The Kier molecular flexibility index (Phi) is 7.50. The van der Waals surface area contributed by atoms with Crippen molar-refractivity contribution in [2.75, 3.05) is 0 Å². The van der Waals surface area contributed by atoms with Gasteiger partial charge >= 0.3 is 0 Å². The predicted octanol–water partition coefficient (Wildman–Crippen LogP) is 14.2. The average molecular weight is 751 g/mol. The molecule has 12 rings (SSSR count). The zero-order valence-corrected chi connectivity index (χ0v) is 31.9. The van der Waals surface area contributed by atoms with Crippen molar-refractivity contribution in [1.29, 1.82) is 0 Å². The minimum Gasteiger partial charge on any atom is -0.309 e. The molecule has 0 aliphatic rings. The summed E-state index contributed by atoms with van der Waals surface area (Å²) in [6, 6.07) is 73.5. The molecule has 0 saturated heterocycles. The molecular weight excluding hydrogens is 717 g/mol. The zero-order chi connectivity index (χ0) is 38.9. The Balaban J connectivity index is 1.06. The lowest BCUT2D eigenvalue weighted by Gasteiger charge is -2.12. The first-order valence-electron chi connectivity index (χ1n) is 20.0. The predicted molar refractivity (Wildman–Crippen MR) is 246 cm³/mol. The van der Waals surface area contributed by atoms with Crippen molar-refractivity contribution in [1.82, 2.24) is 19.5 Å². The highest BCUT2D eigenvalue weighted by Gasteiger charge is 2.19. The van der Waals surface area contributed by atoms with Crippen molar-refractivity contribution < 1.29 is 0 Å². The molecule has 274 valence electrons. The van der Waals surface area contributed by atoms with E-state index in [0.717, 1.165) is 49.9 Å². The molecule has 0 atom stereocenters. The quantitative estimate of drug-likeness (QED) is 0.176. The van der Waals surface area contributed by atoms with Gasteiger partial charge in [-0.25, -0.2) is 15.0 Å². The van der Waals surface area contributed by atoms with Gasteiger partial charge in [-0.3, -0.25) is 0 Å². The molecule has 4 heteroatoms. The van der Waals surface area contributed by atoms with E-state index < -0.39 is 0 Å². The second-order valence-corrected chi connectivity index (χ2v) is 15.3. The molecule has 0 unspecified atom stereocenters. The van der Waals surface area contributed by atoms with E-state index in [0.29, 0.717) is 17.5 Å². The molecule has 0 fully saturated rings.